The van der Waals surface area contributed by atoms with Crippen LogP contribution in [0.5, 0.6) is 5.75 Å². The Morgan fingerprint density at radius 2 is 1.26 bits per heavy atom. The van der Waals surface area contributed by atoms with Crippen LogP contribution >= 0.6 is 0 Å². The van der Waals surface area contributed by atoms with E-state index in [4.69, 9.17) is 14.2 Å². The van der Waals surface area contributed by atoms with Crippen molar-refractivity contribution in [2.24, 2.45) is 5.41 Å². The SMILES string of the molecule is CCCc1ccc(C(C)c2ccc3c(c2)C(C)c2cc(C(C)c4ccc(OCCCCOCC5(CC)COC5)cc4)ccc2-3)cc1. The van der Waals surface area contributed by atoms with Gasteiger partial charge in [-0.1, -0.05) is 114 Å². The summed E-state index contributed by atoms with van der Waals surface area (Å²) in [7, 11) is 0. The van der Waals surface area contributed by atoms with Gasteiger partial charge < -0.3 is 14.2 Å². The van der Waals surface area contributed by atoms with Crippen LogP contribution in [0.1, 0.15) is 117 Å². The molecule has 242 valence electrons. The van der Waals surface area contributed by atoms with Gasteiger partial charge >= 0.3 is 0 Å². The molecule has 46 heavy (non-hydrogen) atoms. The zero-order valence-corrected chi connectivity index (χ0v) is 28.6. The fourth-order valence-corrected chi connectivity index (χ4v) is 7.14. The highest BCUT2D eigenvalue weighted by molar-refractivity contribution is 5.79. The topological polar surface area (TPSA) is 27.7 Å². The summed E-state index contributed by atoms with van der Waals surface area (Å²) >= 11 is 0. The van der Waals surface area contributed by atoms with E-state index in [1.54, 1.807) is 0 Å². The van der Waals surface area contributed by atoms with Gasteiger partial charge in [-0.2, -0.15) is 0 Å². The van der Waals surface area contributed by atoms with Crippen molar-refractivity contribution in [2.75, 3.05) is 33.0 Å². The molecule has 0 saturated carbocycles. The van der Waals surface area contributed by atoms with Crippen LogP contribution in [0.4, 0.5) is 0 Å². The predicted octanol–water partition coefficient (Wildman–Crippen LogP) is 10.7. The minimum absolute atomic E-state index is 0.267. The van der Waals surface area contributed by atoms with Crippen LogP contribution in [-0.4, -0.2) is 33.0 Å². The van der Waals surface area contributed by atoms with Gasteiger partial charge in [0.15, 0.2) is 0 Å². The molecular weight excluding hydrogens is 564 g/mol. The maximum atomic E-state index is 6.05. The molecule has 3 heteroatoms. The highest BCUT2D eigenvalue weighted by Gasteiger charge is 2.36. The molecule has 3 nitrogen and oxygen atoms in total. The molecule has 3 unspecified atom stereocenters. The number of unbranched alkanes of at least 4 members (excludes halogenated alkanes) is 1. The van der Waals surface area contributed by atoms with Crippen molar-refractivity contribution in [1.82, 2.24) is 0 Å². The van der Waals surface area contributed by atoms with Crippen LogP contribution in [0.25, 0.3) is 11.1 Å². The molecule has 0 bridgehead atoms. The van der Waals surface area contributed by atoms with E-state index in [1.807, 2.05) is 0 Å². The minimum atomic E-state index is 0.267. The van der Waals surface area contributed by atoms with Crippen molar-refractivity contribution in [1.29, 1.82) is 0 Å². The molecule has 1 aliphatic heterocycles. The van der Waals surface area contributed by atoms with E-state index < -0.39 is 0 Å². The number of hydrogen-bond acceptors (Lipinski definition) is 3. The predicted molar refractivity (Wildman–Crippen MR) is 190 cm³/mol. The molecular formula is C43H52O3. The van der Waals surface area contributed by atoms with Gasteiger partial charge in [-0.25, -0.2) is 0 Å². The first-order chi connectivity index (χ1) is 22.4. The maximum absolute atomic E-state index is 6.05. The number of rotatable bonds is 15. The lowest BCUT2D eigenvalue weighted by molar-refractivity contribution is -0.150. The standard InChI is InChI=1S/C43H52O3/c1-6-10-33-11-13-34(14-12-33)30(3)36-17-21-39-40-22-18-37(26-42(40)32(5)41(39)25-36)31(4)35-15-19-38(20-16-35)46-24-9-8-23-44-27-43(7-2)28-45-29-43/h11-22,25-26,30-32H,6-10,23-24,27-29H2,1-5H3. The molecule has 1 fully saturated rings. The molecule has 3 atom stereocenters. The monoisotopic (exact) mass is 616 g/mol. The summed E-state index contributed by atoms with van der Waals surface area (Å²) in [5.74, 6) is 2.01. The van der Waals surface area contributed by atoms with Gasteiger partial charge in [-0.05, 0) is 87.9 Å². The number of benzene rings is 4. The summed E-state index contributed by atoms with van der Waals surface area (Å²) in [6.07, 6.45) is 5.48. The molecule has 1 saturated heterocycles. The van der Waals surface area contributed by atoms with E-state index in [0.29, 0.717) is 17.8 Å². The quantitative estimate of drug-likeness (QED) is 0.124. The molecule has 2 aliphatic rings. The van der Waals surface area contributed by atoms with Crippen molar-refractivity contribution in [3.05, 3.63) is 124 Å². The average molecular weight is 617 g/mol. The zero-order chi connectivity index (χ0) is 32.1. The highest BCUT2D eigenvalue weighted by atomic mass is 16.5. The van der Waals surface area contributed by atoms with Gasteiger partial charge in [0.25, 0.3) is 0 Å². The Hall–Kier alpha value is -3.40. The lowest BCUT2D eigenvalue weighted by Crippen LogP contribution is -2.45. The van der Waals surface area contributed by atoms with E-state index >= 15 is 0 Å². The molecule has 0 radical (unpaired) electrons. The van der Waals surface area contributed by atoms with Crippen LogP contribution in [0.3, 0.4) is 0 Å². The molecule has 0 N–H and O–H groups in total. The normalized spacial score (nSPS) is 17.5. The van der Waals surface area contributed by atoms with Crippen LogP contribution in [0.2, 0.25) is 0 Å². The first-order valence-corrected chi connectivity index (χ1v) is 17.7. The molecule has 0 spiro atoms. The van der Waals surface area contributed by atoms with Crippen molar-refractivity contribution in [3.8, 4) is 16.9 Å². The summed E-state index contributed by atoms with van der Waals surface area (Å²) in [6, 6.07) is 32.2. The molecule has 1 heterocycles. The van der Waals surface area contributed by atoms with Gasteiger partial charge in [-0.3, -0.25) is 0 Å². The number of ether oxygens (including phenoxy) is 3. The lowest BCUT2D eigenvalue weighted by atomic mass is 9.84. The fraction of sp³-hybridized carbons (Fsp3) is 0.442. The fourth-order valence-electron chi connectivity index (χ4n) is 7.14. The highest BCUT2D eigenvalue weighted by Crippen LogP contribution is 2.47. The van der Waals surface area contributed by atoms with Gasteiger partial charge in [0.2, 0.25) is 0 Å². The van der Waals surface area contributed by atoms with E-state index in [2.05, 4.69) is 120 Å². The Balaban J connectivity index is 1.03. The Bertz CT molecular complexity index is 1580. The minimum Gasteiger partial charge on any atom is -0.494 e. The average Bonchev–Trinajstić information content (AvgIpc) is 3.35. The van der Waals surface area contributed by atoms with Crippen LogP contribution in [0, 0.1) is 5.41 Å². The molecule has 4 aromatic rings. The third kappa shape index (κ3) is 6.97. The molecule has 4 aromatic carbocycles. The van der Waals surface area contributed by atoms with E-state index in [-0.39, 0.29) is 5.41 Å². The van der Waals surface area contributed by atoms with Gasteiger partial charge in [0.1, 0.15) is 5.75 Å². The van der Waals surface area contributed by atoms with Gasteiger partial charge in [0, 0.05) is 29.8 Å². The van der Waals surface area contributed by atoms with E-state index in [0.717, 1.165) is 64.5 Å². The molecule has 6 rings (SSSR count). The van der Waals surface area contributed by atoms with Gasteiger partial charge in [-0.15, -0.1) is 0 Å². The second kappa shape index (κ2) is 14.6. The summed E-state index contributed by atoms with van der Waals surface area (Å²) < 4.78 is 17.4. The smallest absolute Gasteiger partial charge is 0.119 e. The number of aryl methyl sites for hydroxylation is 1. The third-order valence-corrected chi connectivity index (χ3v) is 10.7. The van der Waals surface area contributed by atoms with Crippen molar-refractivity contribution >= 4 is 0 Å². The molecule has 0 aromatic heterocycles. The maximum Gasteiger partial charge on any atom is 0.119 e. The third-order valence-electron chi connectivity index (χ3n) is 10.7. The Labute approximate surface area is 277 Å². The van der Waals surface area contributed by atoms with Crippen LogP contribution < -0.4 is 4.74 Å². The lowest BCUT2D eigenvalue weighted by Gasteiger charge is -2.40. The van der Waals surface area contributed by atoms with Crippen molar-refractivity contribution in [2.45, 2.75) is 84.5 Å². The first-order valence-electron chi connectivity index (χ1n) is 17.7. The Morgan fingerprint density at radius 3 is 1.78 bits per heavy atom. The number of fused-ring (bicyclic) bond motifs is 3. The van der Waals surface area contributed by atoms with Crippen molar-refractivity contribution in [3.63, 3.8) is 0 Å². The second-order valence-corrected chi connectivity index (χ2v) is 13.9. The number of hydrogen-bond donors (Lipinski definition) is 0. The van der Waals surface area contributed by atoms with E-state index in [1.165, 1.54) is 56.5 Å². The Morgan fingerprint density at radius 1 is 0.717 bits per heavy atom. The zero-order valence-electron chi connectivity index (χ0n) is 28.6. The van der Waals surface area contributed by atoms with Crippen LogP contribution in [-0.2, 0) is 15.9 Å². The Kier molecular flexibility index (Phi) is 10.3. The first kappa shape index (κ1) is 32.5. The molecule has 0 amide bonds. The van der Waals surface area contributed by atoms with E-state index in [9.17, 15) is 0 Å². The largest absolute Gasteiger partial charge is 0.494 e. The summed E-state index contributed by atoms with van der Waals surface area (Å²) in [5, 5.41) is 0. The summed E-state index contributed by atoms with van der Waals surface area (Å²) in [4.78, 5) is 0. The van der Waals surface area contributed by atoms with Gasteiger partial charge in [0.05, 0.1) is 26.4 Å². The van der Waals surface area contributed by atoms with Crippen LogP contribution in [0.15, 0.2) is 84.9 Å². The molecule has 1 aliphatic carbocycles. The van der Waals surface area contributed by atoms with Crippen molar-refractivity contribution < 1.29 is 14.2 Å². The summed E-state index contributed by atoms with van der Waals surface area (Å²) in [5.41, 5.74) is 12.8. The summed E-state index contributed by atoms with van der Waals surface area (Å²) in [6.45, 7) is 15.5. The second-order valence-electron chi connectivity index (χ2n) is 13.9.